The van der Waals surface area contributed by atoms with Gasteiger partial charge in [0.15, 0.2) is 5.82 Å². The lowest BCUT2D eigenvalue weighted by atomic mass is 9.99. The highest BCUT2D eigenvalue weighted by molar-refractivity contribution is 5.48. The molecule has 1 aliphatic carbocycles. The summed E-state index contributed by atoms with van der Waals surface area (Å²) in [4.78, 5) is 23.1. The molecular formula is C16H19N5O. The van der Waals surface area contributed by atoms with Gasteiger partial charge in [-0.1, -0.05) is 0 Å². The van der Waals surface area contributed by atoms with Crippen LogP contribution in [0.1, 0.15) is 30.1 Å². The highest BCUT2D eigenvalue weighted by atomic mass is 16.1. The second kappa shape index (κ2) is 5.19. The summed E-state index contributed by atoms with van der Waals surface area (Å²) in [5.74, 6) is 2.08. The van der Waals surface area contributed by atoms with Gasteiger partial charge in [0.25, 0.3) is 5.56 Å². The first kappa shape index (κ1) is 13.4. The van der Waals surface area contributed by atoms with Crippen LogP contribution in [-0.4, -0.2) is 32.8 Å². The van der Waals surface area contributed by atoms with Crippen molar-refractivity contribution in [2.75, 3.05) is 18.0 Å². The number of aryl methyl sites for hydroxylation is 1. The van der Waals surface area contributed by atoms with Crippen LogP contribution in [-0.2, 0) is 6.54 Å². The molecule has 0 aromatic carbocycles. The molecule has 22 heavy (non-hydrogen) atoms. The van der Waals surface area contributed by atoms with Crippen LogP contribution in [0, 0.1) is 12.8 Å². The first-order valence-corrected chi connectivity index (χ1v) is 7.81. The van der Waals surface area contributed by atoms with E-state index in [0.29, 0.717) is 18.4 Å². The predicted molar refractivity (Wildman–Crippen MR) is 82.9 cm³/mol. The van der Waals surface area contributed by atoms with Crippen LogP contribution in [0.4, 0.5) is 5.82 Å². The maximum absolute atomic E-state index is 11.8. The minimum atomic E-state index is -0.0257. The van der Waals surface area contributed by atoms with Crippen molar-refractivity contribution in [3.63, 3.8) is 0 Å². The van der Waals surface area contributed by atoms with Gasteiger partial charge >= 0.3 is 0 Å². The highest BCUT2D eigenvalue weighted by Gasteiger charge is 2.35. The average Bonchev–Trinajstić information content (AvgIpc) is 3.30. The number of hydrogen-bond acceptors (Lipinski definition) is 5. The standard InChI is InChI=1S/C16H19N5O/c1-11-2-5-14(22)21(19-11)10-12-8-20(9-12)16-15(13-3-4-13)17-6-7-18-16/h2,5-7,12-13H,3-4,8-10H2,1H3. The molecule has 1 aliphatic heterocycles. The van der Waals surface area contributed by atoms with Crippen molar-refractivity contribution in [3.8, 4) is 0 Å². The Kier molecular flexibility index (Phi) is 3.17. The second-order valence-electron chi connectivity index (χ2n) is 6.31. The van der Waals surface area contributed by atoms with E-state index in [1.165, 1.54) is 12.8 Å². The molecule has 2 fully saturated rings. The van der Waals surface area contributed by atoms with Gasteiger partial charge in [-0.25, -0.2) is 9.67 Å². The Morgan fingerprint density at radius 3 is 2.73 bits per heavy atom. The van der Waals surface area contributed by atoms with Crippen molar-refractivity contribution in [2.24, 2.45) is 5.92 Å². The third-order valence-corrected chi connectivity index (χ3v) is 4.36. The third-order valence-electron chi connectivity index (χ3n) is 4.36. The van der Waals surface area contributed by atoms with E-state index in [9.17, 15) is 4.79 Å². The first-order valence-electron chi connectivity index (χ1n) is 7.81. The van der Waals surface area contributed by atoms with E-state index >= 15 is 0 Å². The van der Waals surface area contributed by atoms with E-state index in [1.54, 1.807) is 29.2 Å². The first-order chi connectivity index (χ1) is 10.7. The largest absolute Gasteiger partial charge is 0.354 e. The third kappa shape index (κ3) is 2.49. The Morgan fingerprint density at radius 2 is 1.95 bits per heavy atom. The second-order valence-corrected chi connectivity index (χ2v) is 6.31. The summed E-state index contributed by atoms with van der Waals surface area (Å²) in [6, 6.07) is 3.35. The van der Waals surface area contributed by atoms with Crippen molar-refractivity contribution < 1.29 is 0 Å². The highest BCUT2D eigenvalue weighted by Crippen LogP contribution is 2.43. The Hall–Kier alpha value is -2.24. The molecule has 1 saturated carbocycles. The zero-order valence-electron chi connectivity index (χ0n) is 12.6. The number of anilines is 1. The van der Waals surface area contributed by atoms with E-state index < -0.39 is 0 Å². The van der Waals surface area contributed by atoms with Crippen molar-refractivity contribution in [2.45, 2.75) is 32.2 Å². The lowest BCUT2D eigenvalue weighted by Crippen LogP contribution is -2.50. The maximum atomic E-state index is 11.8. The van der Waals surface area contributed by atoms with Gasteiger partial charge in [0.05, 0.1) is 17.9 Å². The van der Waals surface area contributed by atoms with Gasteiger partial charge in [0, 0.05) is 43.4 Å². The lowest BCUT2D eigenvalue weighted by Gasteiger charge is -2.40. The van der Waals surface area contributed by atoms with Gasteiger partial charge in [0.1, 0.15) is 0 Å². The maximum Gasteiger partial charge on any atom is 0.266 e. The van der Waals surface area contributed by atoms with E-state index in [1.807, 2.05) is 6.92 Å². The van der Waals surface area contributed by atoms with Crippen LogP contribution in [0.25, 0.3) is 0 Å². The molecule has 6 nitrogen and oxygen atoms in total. The molecule has 2 aliphatic rings. The Morgan fingerprint density at radius 1 is 1.18 bits per heavy atom. The summed E-state index contributed by atoms with van der Waals surface area (Å²) in [6.45, 7) is 4.42. The molecule has 2 aromatic heterocycles. The topological polar surface area (TPSA) is 63.9 Å². The molecule has 6 heteroatoms. The molecule has 0 atom stereocenters. The van der Waals surface area contributed by atoms with Gasteiger partial charge < -0.3 is 4.90 Å². The van der Waals surface area contributed by atoms with Crippen molar-refractivity contribution in [1.29, 1.82) is 0 Å². The van der Waals surface area contributed by atoms with Crippen LogP contribution >= 0.6 is 0 Å². The summed E-state index contributed by atoms with van der Waals surface area (Å²) in [6.07, 6.45) is 6.00. The number of aromatic nitrogens is 4. The molecule has 114 valence electrons. The molecule has 3 heterocycles. The fraction of sp³-hybridized carbons (Fsp3) is 0.500. The van der Waals surface area contributed by atoms with Gasteiger partial charge in [-0.15, -0.1) is 0 Å². The van der Waals surface area contributed by atoms with Crippen molar-refractivity contribution in [1.82, 2.24) is 19.7 Å². The van der Waals surface area contributed by atoms with Crippen molar-refractivity contribution >= 4 is 5.82 Å². The monoisotopic (exact) mass is 297 g/mol. The van der Waals surface area contributed by atoms with Crippen LogP contribution in [0.3, 0.4) is 0 Å². The SMILES string of the molecule is Cc1ccc(=O)n(CC2CN(c3nccnc3C3CC3)C2)n1. The van der Waals surface area contributed by atoms with E-state index in [2.05, 4.69) is 20.0 Å². The van der Waals surface area contributed by atoms with Crippen LogP contribution < -0.4 is 10.5 Å². The average molecular weight is 297 g/mol. The number of rotatable bonds is 4. The van der Waals surface area contributed by atoms with Crippen LogP contribution in [0.2, 0.25) is 0 Å². The molecular weight excluding hydrogens is 278 g/mol. The van der Waals surface area contributed by atoms with Crippen molar-refractivity contribution in [3.05, 3.63) is 46.3 Å². The molecule has 0 bridgehead atoms. The fourth-order valence-corrected chi connectivity index (χ4v) is 3.01. The number of nitrogens with zero attached hydrogens (tertiary/aromatic N) is 5. The van der Waals surface area contributed by atoms with Gasteiger partial charge in [-0.2, -0.15) is 5.10 Å². The Bertz CT molecular complexity index is 746. The molecule has 0 amide bonds. The summed E-state index contributed by atoms with van der Waals surface area (Å²) in [5, 5.41) is 4.31. The van der Waals surface area contributed by atoms with E-state index in [0.717, 1.165) is 30.3 Å². The Labute approximate surface area is 128 Å². The summed E-state index contributed by atoms with van der Waals surface area (Å²) >= 11 is 0. The molecule has 2 aromatic rings. The number of hydrogen-bond donors (Lipinski definition) is 0. The fourth-order valence-electron chi connectivity index (χ4n) is 3.01. The minimum absolute atomic E-state index is 0.0257. The molecule has 0 radical (unpaired) electrons. The predicted octanol–water partition coefficient (Wildman–Crippen LogP) is 1.36. The molecule has 0 N–H and O–H groups in total. The molecule has 4 rings (SSSR count). The zero-order valence-corrected chi connectivity index (χ0v) is 12.6. The van der Waals surface area contributed by atoms with Crippen LogP contribution in [0.15, 0.2) is 29.3 Å². The van der Waals surface area contributed by atoms with E-state index in [4.69, 9.17) is 0 Å². The molecule has 1 saturated heterocycles. The lowest BCUT2D eigenvalue weighted by molar-refractivity contribution is 0.331. The van der Waals surface area contributed by atoms with E-state index in [-0.39, 0.29) is 5.56 Å². The minimum Gasteiger partial charge on any atom is -0.354 e. The normalized spacial score (nSPS) is 18.3. The smallest absolute Gasteiger partial charge is 0.266 e. The van der Waals surface area contributed by atoms with Crippen LogP contribution in [0.5, 0.6) is 0 Å². The van der Waals surface area contributed by atoms with Gasteiger partial charge in [0.2, 0.25) is 0 Å². The van der Waals surface area contributed by atoms with Gasteiger partial charge in [-0.3, -0.25) is 9.78 Å². The summed E-state index contributed by atoms with van der Waals surface area (Å²) < 4.78 is 1.58. The molecule has 0 unspecified atom stereocenters. The molecule has 0 spiro atoms. The summed E-state index contributed by atoms with van der Waals surface area (Å²) in [5.41, 5.74) is 2.00. The van der Waals surface area contributed by atoms with Gasteiger partial charge in [-0.05, 0) is 25.8 Å². The zero-order chi connectivity index (χ0) is 15.1. The Balaban J connectivity index is 1.44. The quantitative estimate of drug-likeness (QED) is 0.852. The summed E-state index contributed by atoms with van der Waals surface area (Å²) in [7, 11) is 0.